The number of carboxylic acid groups (broad SMARTS) is 2. The molecule has 2 atom stereocenters. The molecular formula is C29H52N4O8. The average molecular weight is 585 g/mol. The summed E-state index contributed by atoms with van der Waals surface area (Å²) >= 11 is 0. The number of aliphatic carboxylic acids is 2. The molecular weight excluding hydrogens is 532 g/mol. The summed E-state index contributed by atoms with van der Waals surface area (Å²) in [6.07, 6.45) is 8.32. The van der Waals surface area contributed by atoms with Gasteiger partial charge in [-0.3, -0.25) is 28.8 Å². The third-order valence-electron chi connectivity index (χ3n) is 6.62. The van der Waals surface area contributed by atoms with Gasteiger partial charge in [0.25, 0.3) is 0 Å². The van der Waals surface area contributed by atoms with E-state index in [1.807, 2.05) is 27.7 Å². The van der Waals surface area contributed by atoms with Gasteiger partial charge in [-0.15, -0.1) is 0 Å². The molecule has 0 saturated heterocycles. The monoisotopic (exact) mass is 584 g/mol. The molecule has 0 radical (unpaired) electrons. The number of amides is 4. The maximum atomic E-state index is 12.4. The average Bonchev–Trinajstić information content (AvgIpc) is 2.89. The van der Waals surface area contributed by atoms with Crippen LogP contribution >= 0.6 is 0 Å². The Hall–Kier alpha value is -3.18. The molecule has 0 fully saturated rings. The fourth-order valence-corrected chi connectivity index (χ4v) is 4.13. The van der Waals surface area contributed by atoms with Crippen molar-refractivity contribution in [2.75, 3.05) is 13.1 Å². The highest BCUT2D eigenvalue weighted by atomic mass is 16.4. The molecule has 41 heavy (non-hydrogen) atoms. The van der Waals surface area contributed by atoms with E-state index in [-0.39, 0.29) is 49.3 Å². The number of nitrogens with one attached hydrogen (secondary N) is 4. The first-order valence-electron chi connectivity index (χ1n) is 14.9. The number of carboxylic acids is 2. The molecule has 0 aromatic carbocycles. The fraction of sp³-hybridized carbons (Fsp3) is 0.793. The lowest BCUT2D eigenvalue weighted by atomic mass is 10.0. The van der Waals surface area contributed by atoms with Crippen LogP contribution in [-0.2, 0) is 28.8 Å². The minimum Gasteiger partial charge on any atom is -0.481 e. The lowest BCUT2D eigenvalue weighted by molar-refractivity contribution is -0.139. The molecule has 0 aliphatic rings. The summed E-state index contributed by atoms with van der Waals surface area (Å²) in [5, 5.41) is 28.4. The van der Waals surface area contributed by atoms with Crippen LogP contribution in [0.4, 0.5) is 0 Å². The Bertz CT molecular complexity index is 766. The van der Waals surface area contributed by atoms with Gasteiger partial charge >= 0.3 is 11.9 Å². The van der Waals surface area contributed by atoms with Crippen LogP contribution in [0.5, 0.6) is 0 Å². The van der Waals surface area contributed by atoms with Crippen LogP contribution in [0.2, 0.25) is 0 Å². The molecule has 0 rings (SSSR count). The normalized spacial score (nSPS) is 12.4. The number of unbranched alkanes of at least 4 members (excludes halogenated alkanes) is 8. The van der Waals surface area contributed by atoms with Crippen LogP contribution in [0, 0.1) is 11.8 Å². The molecule has 6 N–H and O–H groups in total. The summed E-state index contributed by atoms with van der Waals surface area (Å²) < 4.78 is 0. The minimum absolute atomic E-state index is 0.110. The standard InChI is InChI=1S/C29H52N4O8/c1-20(2)26(32-22(34)14-16-24(36)37)28(40)30-18-12-10-8-6-5-7-9-11-13-19-31-29(41)27(21(3)4)33-23(35)15-17-25(38)39/h20-21,26-27H,5-19H2,1-4H3,(H,30,40)(H,31,41)(H,32,34)(H,33,35)(H,36,37)(H,38,39)/t26-,27-/m0/s1. The second kappa shape index (κ2) is 22.5. The highest BCUT2D eigenvalue weighted by Gasteiger charge is 2.25. The van der Waals surface area contributed by atoms with Crippen molar-refractivity contribution in [3.63, 3.8) is 0 Å². The number of hydrogen-bond acceptors (Lipinski definition) is 6. The molecule has 12 heteroatoms. The Morgan fingerprint density at radius 3 is 1.05 bits per heavy atom. The second-order valence-corrected chi connectivity index (χ2v) is 11.1. The smallest absolute Gasteiger partial charge is 0.303 e. The van der Waals surface area contributed by atoms with E-state index in [0.717, 1.165) is 57.8 Å². The van der Waals surface area contributed by atoms with Crippen LogP contribution in [0.1, 0.15) is 111 Å². The first-order chi connectivity index (χ1) is 19.3. The van der Waals surface area contributed by atoms with Gasteiger partial charge in [0.05, 0.1) is 12.8 Å². The SMILES string of the molecule is CC(C)[C@H](NC(=O)CCC(=O)O)C(=O)NCCCCCCCCCCCNC(=O)[C@@H](NC(=O)CCC(=O)O)C(C)C. The molecule has 0 aliphatic carbocycles. The van der Waals surface area contributed by atoms with E-state index < -0.39 is 35.8 Å². The molecule has 0 aromatic heterocycles. The van der Waals surface area contributed by atoms with E-state index in [1.165, 1.54) is 0 Å². The minimum atomic E-state index is -1.05. The number of carbonyl (C=O) groups is 6. The molecule has 0 aromatic rings. The summed E-state index contributed by atoms with van der Waals surface area (Å²) in [4.78, 5) is 69.8. The van der Waals surface area contributed by atoms with Gasteiger partial charge in [0.2, 0.25) is 23.6 Å². The Kier molecular flexibility index (Phi) is 20.8. The molecule has 0 unspecified atom stereocenters. The van der Waals surface area contributed by atoms with Gasteiger partial charge in [0.15, 0.2) is 0 Å². The van der Waals surface area contributed by atoms with Gasteiger partial charge in [-0.2, -0.15) is 0 Å². The van der Waals surface area contributed by atoms with Crippen molar-refractivity contribution in [3.8, 4) is 0 Å². The maximum absolute atomic E-state index is 12.4. The van der Waals surface area contributed by atoms with Gasteiger partial charge in [0, 0.05) is 25.9 Å². The van der Waals surface area contributed by atoms with Crippen molar-refractivity contribution in [2.45, 2.75) is 123 Å². The quantitative estimate of drug-likeness (QED) is 0.0933. The van der Waals surface area contributed by atoms with Crippen LogP contribution < -0.4 is 21.3 Å². The first kappa shape index (κ1) is 37.8. The van der Waals surface area contributed by atoms with E-state index in [9.17, 15) is 28.8 Å². The molecule has 0 aliphatic heterocycles. The van der Waals surface area contributed by atoms with E-state index in [2.05, 4.69) is 21.3 Å². The lowest BCUT2D eigenvalue weighted by Gasteiger charge is -2.21. The van der Waals surface area contributed by atoms with Crippen LogP contribution in [0.25, 0.3) is 0 Å². The van der Waals surface area contributed by atoms with Crippen LogP contribution in [-0.4, -0.2) is 71.0 Å². The Morgan fingerprint density at radius 1 is 0.488 bits per heavy atom. The van der Waals surface area contributed by atoms with Gasteiger partial charge < -0.3 is 31.5 Å². The number of rotatable bonds is 24. The summed E-state index contributed by atoms with van der Waals surface area (Å²) in [6.45, 7) is 8.38. The zero-order chi connectivity index (χ0) is 31.2. The van der Waals surface area contributed by atoms with Crippen molar-refractivity contribution in [2.24, 2.45) is 11.8 Å². The summed E-state index contributed by atoms with van der Waals surface area (Å²) in [6, 6.07) is -1.37. The topological polar surface area (TPSA) is 191 Å². The first-order valence-corrected chi connectivity index (χ1v) is 14.9. The van der Waals surface area contributed by atoms with Gasteiger partial charge in [-0.25, -0.2) is 0 Å². The predicted molar refractivity (Wildman–Crippen MR) is 155 cm³/mol. The fourth-order valence-electron chi connectivity index (χ4n) is 4.13. The summed E-state index contributed by atoms with van der Waals surface area (Å²) in [7, 11) is 0. The molecule has 0 spiro atoms. The lowest BCUT2D eigenvalue weighted by Crippen LogP contribution is -2.49. The van der Waals surface area contributed by atoms with Gasteiger partial charge in [-0.05, 0) is 24.7 Å². The van der Waals surface area contributed by atoms with E-state index in [0.29, 0.717) is 13.1 Å². The molecule has 0 bridgehead atoms. The van der Waals surface area contributed by atoms with E-state index >= 15 is 0 Å². The highest BCUT2D eigenvalue weighted by molar-refractivity contribution is 5.89. The summed E-state index contributed by atoms with van der Waals surface area (Å²) in [5.74, 6) is -3.71. The van der Waals surface area contributed by atoms with Gasteiger partial charge in [-0.1, -0.05) is 72.6 Å². The zero-order valence-electron chi connectivity index (χ0n) is 25.3. The van der Waals surface area contributed by atoms with Crippen molar-refractivity contribution < 1.29 is 39.0 Å². The Labute approximate surface area is 244 Å². The third kappa shape index (κ3) is 20.4. The zero-order valence-corrected chi connectivity index (χ0v) is 25.3. The molecule has 4 amide bonds. The van der Waals surface area contributed by atoms with Gasteiger partial charge in [0.1, 0.15) is 12.1 Å². The number of carbonyl (C=O) groups excluding carboxylic acids is 4. The summed E-state index contributed by atoms with van der Waals surface area (Å²) in [5.41, 5.74) is 0. The van der Waals surface area contributed by atoms with Crippen molar-refractivity contribution in [3.05, 3.63) is 0 Å². The predicted octanol–water partition coefficient (Wildman–Crippen LogP) is 2.74. The van der Waals surface area contributed by atoms with Crippen molar-refractivity contribution in [1.82, 2.24) is 21.3 Å². The molecule has 236 valence electrons. The van der Waals surface area contributed by atoms with Crippen LogP contribution in [0.3, 0.4) is 0 Å². The second-order valence-electron chi connectivity index (χ2n) is 11.1. The van der Waals surface area contributed by atoms with Crippen molar-refractivity contribution in [1.29, 1.82) is 0 Å². The van der Waals surface area contributed by atoms with E-state index in [4.69, 9.17) is 10.2 Å². The van der Waals surface area contributed by atoms with Crippen molar-refractivity contribution >= 4 is 35.6 Å². The largest absolute Gasteiger partial charge is 0.481 e. The third-order valence-corrected chi connectivity index (χ3v) is 6.62. The molecule has 12 nitrogen and oxygen atoms in total. The molecule has 0 heterocycles. The Balaban J connectivity index is 3.90. The highest BCUT2D eigenvalue weighted by Crippen LogP contribution is 2.10. The van der Waals surface area contributed by atoms with E-state index in [1.54, 1.807) is 0 Å². The van der Waals surface area contributed by atoms with Crippen LogP contribution in [0.15, 0.2) is 0 Å². The number of hydrogen-bond donors (Lipinski definition) is 6. The maximum Gasteiger partial charge on any atom is 0.303 e. The molecule has 0 saturated carbocycles. The Morgan fingerprint density at radius 2 is 0.780 bits per heavy atom.